The Morgan fingerprint density at radius 3 is 2.42 bits per heavy atom. The van der Waals surface area contributed by atoms with Crippen LogP contribution >= 0.6 is 0 Å². The molecule has 0 heterocycles. The Balaban J connectivity index is 2.77. The number of rotatable bonds is 5. The van der Waals surface area contributed by atoms with Crippen LogP contribution in [0.15, 0.2) is 18.2 Å². The molecule has 1 aromatic carbocycles. The number of amides is 1. The van der Waals surface area contributed by atoms with Crippen molar-refractivity contribution in [2.75, 3.05) is 24.6 Å². The van der Waals surface area contributed by atoms with Gasteiger partial charge in [0.05, 0.1) is 5.41 Å². The van der Waals surface area contributed by atoms with Crippen LogP contribution in [0.25, 0.3) is 0 Å². The van der Waals surface area contributed by atoms with E-state index in [9.17, 15) is 9.59 Å². The molecule has 0 saturated heterocycles. The lowest BCUT2D eigenvalue weighted by Gasteiger charge is -2.23. The van der Waals surface area contributed by atoms with Crippen molar-refractivity contribution < 1.29 is 9.59 Å². The van der Waals surface area contributed by atoms with Gasteiger partial charge in [-0.3, -0.25) is 9.59 Å². The maximum absolute atomic E-state index is 11.6. The number of nitrogens with one attached hydrogen (secondary N) is 2. The number of carbonyl (C=O) groups is 2. The largest absolute Gasteiger partial charge is 0.398 e. The van der Waals surface area contributed by atoms with Gasteiger partial charge in [0.2, 0.25) is 5.91 Å². The highest BCUT2D eigenvalue weighted by atomic mass is 16.2. The molecule has 0 aliphatic carbocycles. The van der Waals surface area contributed by atoms with Gasteiger partial charge in [-0.25, -0.2) is 0 Å². The Bertz CT molecular complexity index is 495. The summed E-state index contributed by atoms with van der Waals surface area (Å²) in [6, 6.07) is 5.18. The van der Waals surface area contributed by atoms with Crippen LogP contribution in [0.4, 0.5) is 11.4 Å². The lowest BCUT2D eigenvalue weighted by Crippen LogP contribution is -2.39. The number of anilines is 2. The van der Waals surface area contributed by atoms with E-state index in [1.165, 1.54) is 6.92 Å². The zero-order chi connectivity index (χ0) is 14.6. The van der Waals surface area contributed by atoms with Crippen molar-refractivity contribution in [1.29, 1.82) is 0 Å². The van der Waals surface area contributed by atoms with Crippen molar-refractivity contribution in [2.24, 2.45) is 5.41 Å². The molecular formula is C14H21N3O2. The molecule has 0 unspecified atom stereocenters. The van der Waals surface area contributed by atoms with Crippen molar-refractivity contribution >= 4 is 23.1 Å². The highest BCUT2D eigenvalue weighted by molar-refractivity contribution is 5.99. The molecule has 0 fully saturated rings. The number of hydrogen-bond acceptors (Lipinski definition) is 4. The second-order valence-corrected chi connectivity index (χ2v) is 5.17. The minimum atomic E-state index is -0.525. The number of nitrogen functional groups attached to an aromatic ring is 1. The minimum absolute atomic E-state index is 0.0340. The summed E-state index contributed by atoms with van der Waals surface area (Å²) in [5, 5.41) is 5.78. The molecule has 5 heteroatoms. The Morgan fingerprint density at radius 1 is 1.32 bits per heavy atom. The topological polar surface area (TPSA) is 84.2 Å². The van der Waals surface area contributed by atoms with Crippen molar-refractivity contribution in [1.82, 2.24) is 5.32 Å². The second kappa shape index (κ2) is 5.73. The third-order valence-corrected chi connectivity index (χ3v) is 3.01. The number of nitrogens with two attached hydrogens (primary N) is 1. The lowest BCUT2D eigenvalue weighted by atomic mass is 9.92. The predicted molar refractivity (Wildman–Crippen MR) is 77.2 cm³/mol. The van der Waals surface area contributed by atoms with Gasteiger partial charge in [-0.15, -0.1) is 0 Å². The normalized spacial score (nSPS) is 10.9. The first kappa shape index (κ1) is 15.0. The van der Waals surface area contributed by atoms with E-state index in [1.807, 2.05) is 13.8 Å². The van der Waals surface area contributed by atoms with Gasteiger partial charge in [-0.05, 0) is 39.0 Å². The monoisotopic (exact) mass is 263 g/mol. The van der Waals surface area contributed by atoms with E-state index in [4.69, 9.17) is 5.73 Å². The van der Waals surface area contributed by atoms with Crippen molar-refractivity contribution in [3.8, 4) is 0 Å². The predicted octanol–water partition coefficient (Wildman–Crippen LogP) is 1.66. The summed E-state index contributed by atoms with van der Waals surface area (Å²) < 4.78 is 0. The molecule has 0 spiro atoms. The van der Waals surface area contributed by atoms with E-state index in [-0.39, 0.29) is 11.7 Å². The first-order valence-corrected chi connectivity index (χ1v) is 6.14. The molecule has 19 heavy (non-hydrogen) atoms. The molecule has 0 atom stereocenters. The molecule has 5 nitrogen and oxygen atoms in total. The summed E-state index contributed by atoms with van der Waals surface area (Å²) in [4.78, 5) is 22.9. The van der Waals surface area contributed by atoms with Gasteiger partial charge >= 0.3 is 0 Å². The van der Waals surface area contributed by atoms with Crippen LogP contribution in [-0.2, 0) is 4.79 Å². The molecule has 0 saturated carbocycles. The van der Waals surface area contributed by atoms with Gasteiger partial charge in [-0.1, -0.05) is 0 Å². The molecule has 0 bridgehead atoms. The van der Waals surface area contributed by atoms with Crippen LogP contribution in [0.1, 0.15) is 31.1 Å². The van der Waals surface area contributed by atoms with Crippen molar-refractivity contribution in [2.45, 2.75) is 20.8 Å². The quantitative estimate of drug-likeness (QED) is 0.557. The van der Waals surface area contributed by atoms with Crippen LogP contribution in [0.3, 0.4) is 0 Å². The van der Waals surface area contributed by atoms with Crippen LogP contribution in [0.5, 0.6) is 0 Å². The SMILES string of the molecule is CNC(=O)C(C)(C)CNc1ccc(C(C)=O)c(N)c1. The van der Waals surface area contributed by atoms with E-state index < -0.39 is 5.41 Å². The van der Waals surface area contributed by atoms with Gasteiger partial charge < -0.3 is 16.4 Å². The third-order valence-electron chi connectivity index (χ3n) is 3.01. The summed E-state index contributed by atoms with van der Waals surface area (Å²) in [7, 11) is 1.61. The Morgan fingerprint density at radius 2 is 1.95 bits per heavy atom. The van der Waals surface area contributed by atoms with Crippen LogP contribution in [0, 0.1) is 5.41 Å². The van der Waals surface area contributed by atoms with Gasteiger partial charge in [0.1, 0.15) is 0 Å². The maximum atomic E-state index is 11.6. The standard InChI is InChI=1S/C14H21N3O2/c1-9(18)11-6-5-10(7-12(11)15)17-8-14(2,3)13(19)16-4/h5-7,17H,8,15H2,1-4H3,(H,16,19). The Labute approximate surface area is 113 Å². The summed E-state index contributed by atoms with van der Waals surface area (Å²) >= 11 is 0. The zero-order valence-corrected chi connectivity index (χ0v) is 11.8. The minimum Gasteiger partial charge on any atom is -0.398 e. The van der Waals surface area contributed by atoms with Crippen molar-refractivity contribution in [3.63, 3.8) is 0 Å². The van der Waals surface area contributed by atoms with Gasteiger partial charge in [0.25, 0.3) is 0 Å². The van der Waals surface area contributed by atoms with E-state index in [2.05, 4.69) is 10.6 Å². The zero-order valence-electron chi connectivity index (χ0n) is 11.8. The molecule has 104 valence electrons. The van der Waals surface area contributed by atoms with Crippen LogP contribution < -0.4 is 16.4 Å². The summed E-state index contributed by atoms with van der Waals surface area (Å²) in [5.41, 5.74) is 7.02. The number of carbonyl (C=O) groups excluding carboxylic acids is 2. The highest BCUT2D eigenvalue weighted by Crippen LogP contribution is 2.21. The summed E-state index contributed by atoms with van der Waals surface area (Å²) in [6.45, 7) is 5.66. The highest BCUT2D eigenvalue weighted by Gasteiger charge is 2.26. The fraction of sp³-hybridized carbons (Fsp3) is 0.429. The lowest BCUT2D eigenvalue weighted by molar-refractivity contribution is -0.128. The fourth-order valence-electron chi connectivity index (χ4n) is 1.74. The molecule has 0 radical (unpaired) electrons. The van der Waals surface area contributed by atoms with Crippen LogP contribution in [-0.4, -0.2) is 25.3 Å². The van der Waals surface area contributed by atoms with Crippen molar-refractivity contribution in [3.05, 3.63) is 23.8 Å². The first-order valence-electron chi connectivity index (χ1n) is 6.14. The number of ketones is 1. The maximum Gasteiger partial charge on any atom is 0.227 e. The van der Waals surface area contributed by atoms with Gasteiger partial charge in [-0.2, -0.15) is 0 Å². The molecule has 1 amide bonds. The van der Waals surface area contributed by atoms with E-state index in [0.717, 1.165) is 5.69 Å². The number of hydrogen-bond donors (Lipinski definition) is 3. The average Bonchev–Trinajstić information content (AvgIpc) is 2.35. The summed E-state index contributed by atoms with van der Waals surface area (Å²) in [6.07, 6.45) is 0. The van der Waals surface area contributed by atoms with Gasteiger partial charge in [0.15, 0.2) is 5.78 Å². The number of Topliss-reactive ketones (excluding diaryl/α,β-unsaturated/α-hetero) is 1. The smallest absolute Gasteiger partial charge is 0.227 e. The van der Waals surface area contributed by atoms with E-state index in [1.54, 1.807) is 25.2 Å². The molecule has 0 aliphatic heterocycles. The van der Waals surface area contributed by atoms with E-state index >= 15 is 0 Å². The van der Waals surface area contributed by atoms with Crippen LogP contribution in [0.2, 0.25) is 0 Å². The molecule has 1 aromatic rings. The number of benzene rings is 1. The molecule has 0 aliphatic rings. The first-order chi connectivity index (χ1) is 8.77. The fourth-order valence-corrected chi connectivity index (χ4v) is 1.74. The Hall–Kier alpha value is -2.04. The molecule has 1 rings (SSSR count). The Kier molecular flexibility index (Phi) is 4.53. The average molecular weight is 263 g/mol. The molecule has 4 N–H and O–H groups in total. The molecule has 0 aromatic heterocycles. The van der Waals surface area contributed by atoms with E-state index in [0.29, 0.717) is 17.8 Å². The summed E-state index contributed by atoms with van der Waals surface area (Å²) in [5.74, 6) is -0.0944. The second-order valence-electron chi connectivity index (χ2n) is 5.17. The third kappa shape index (κ3) is 3.71. The molecular weight excluding hydrogens is 242 g/mol. The van der Waals surface area contributed by atoms with Gasteiger partial charge in [0, 0.05) is 30.5 Å².